The number of allylic oxidation sites excluding steroid dienone is 1. The van der Waals surface area contributed by atoms with Crippen LogP contribution in [0.4, 0.5) is 0 Å². The third-order valence-corrected chi connectivity index (χ3v) is 6.30. The lowest BCUT2D eigenvalue weighted by molar-refractivity contribution is -0.145. The van der Waals surface area contributed by atoms with Gasteiger partial charge < -0.3 is 9.26 Å². The zero-order valence-corrected chi connectivity index (χ0v) is 17.9. The van der Waals surface area contributed by atoms with Gasteiger partial charge in [0.25, 0.3) is 0 Å². The number of ether oxygens (including phenoxy) is 1. The molecule has 0 amide bonds. The molecule has 0 aliphatic heterocycles. The molecule has 0 bridgehead atoms. The molecule has 0 radical (unpaired) electrons. The highest BCUT2D eigenvalue weighted by Gasteiger charge is 2.22. The second kappa shape index (κ2) is 10.2. The van der Waals surface area contributed by atoms with Gasteiger partial charge in [-0.15, -0.1) is 0 Å². The predicted octanol–water partition coefficient (Wildman–Crippen LogP) is 6.14. The molecule has 3 rings (SSSR count). The monoisotopic (exact) mass is 419 g/mol. The van der Waals surface area contributed by atoms with E-state index >= 15 is 0 Å². The smallest absolute Gasteiger partial charge is 0.311 e. The Morgan fingerprint density at radius 1 is 1.29 bits per heavy atom. The van der Waals surface area contributed by atoms with Crippen molar-refractivity contribution in [1.82, 2.24) is 5.16 Å². The van der Waals surface area contributed by atoms with E-state index < -0.39 is 0 Å². The molecule has 1 heterocycles. The van der Waals surface area contributed by atoms with E-state index in [-0.39, 0.29) is 18.5 Å². The molecular formula is C22H26ClNO3S. The van der Waals surface area contributed by atoms with Gasteiger partial charge in [-0.2, -0.15) is 11.8 Å². The van der Waals surface area contributed by atoms with Gasteiger partial charge in [-0.1, -0.05) is 47.9 Å². The molecule has 0 spiro atoms. The Labute approximate surface area is 175 Å². The van der Waals surface area contributed by atoms with Crippen molar-refractivity contribution in [2.24, 2.45) is 0 Å². The predicted molar refractivity (Wildman–Crippen MR) is 114 cm³/mol. The summed E-state index contributed by atoms with van der Waals surface area (Å²) in [6.07, 6.45) is 5.32. The van der Waals surface area contributed by atoms with Gasteiger partial charge >= 0.3 is 5.97 Å². The summed E-state index contributed by atoms with van der Waals surface area (Å²) in [6, 6.07) is 8.23. The SMILES string of the molecule is CCSCc1ccc(-c2nocc2CC(=O)OC(C)C2=C(Cl)CCCC2)cc1. The van der Waals surface area contributed by atoms with E-state index in [0.29, 0.717) is 5.69 Å². The minimum atomic E-state index is -0.296. The number of esters is 1. The summed E-state index contributed by atoms with van der Waals surface area (Å²) in [5.74, 6) is 1.79. The van der Waals surface area contributed by atoms with Gasteiger partial charge in [0, 0.05) is 21.9 Å². The van der Waals surface area contributed by atoms with Crippen LogP contribution >= 0.6 is 23.4 Å². The van der Waals surface area contributed by atoms with Crippen molar-refractivity contribution in [3.8, 4) is 11.3 Å². The molecule has 1 aromatic carbocycles. The lowest BCUT2D eigenvalue weighted by Crippen LogP contribution is -2.20. The third kappa shape index (κ3) is 5.42. The summed E-state index contributed by atoms with van der Waals surface area (Å²) in [5.41, 5.74) is 4.68. The maximum absolute atomic E-state index is 12.5. The van der Waals surface area contributed by atoms with Crippen LogP contribution in [-0.4, -0.2) is 23.0 Å². The second-order valence-corrected chi connectivity index (χ2v) is 8.70. The normalized spacial score (nSPS) is 15.5. The lowest BCUT2D eigenvalue weighted by atomic mass is 9.96. The molecule has 0 saturated heterocycles. The van der Waals surface area contributed by atoms with Crippen molar-refractivity contribution in [3.05, 3.63) is 52.3 Å². The van der Waals surface area contributed by atoms with Gasteiger partial charge in [0.15, 0.2) is 0 Å². The first-order chi connectivity index (χ1) is 13.6. The molecule has 1 aliphatic rings. The molecular weight excluding hydrogens is 394 g/mol. The van der Waals surface area contributed by atoms with Crippen molar-refractivity contribution < 1.29 is 14.1 Å². The zero-order valence-electron chi connectivity index (χ0n) is 16.4. The summed E-state index contributed by atoms with van der Waals surface area (Å²) in [6.45, 7) is 4.04. The molecule has 6 heteroatoms. The van der Waals surface area contributed by atoms with Crippen molar-refractivity contribution in [3.63, 3.8) is 0 Å². The van der Waals surface area contributed by atoms with Gasteiger partial charge in [0.2, 0.25) is 0 Å². The Kier molecular flexibility index (Phi) is 7.63. The fourth-order valence-electron chi connectivity index (χ4n) is 3.38. The second-order valence-electron chi connectivity index (χ2n) is 6.97. The first-order valence-electron chi connectivity index (χ1n) is 9.75. The summed E-state index contributed by atoms with van der Waals surface area (Å²) in [7, 11) is 0. The molecule has 4 nitrogen and oxygen atoms in total. The van der Waals surface area contributed by atoms with Crippen molar-refractivity contribution in [1.29, 1.82) is 0 Å². The van der Waals surface area contributed by atoms with Crippen LogP contribution < -0.4 is 0 Å². The third-order valence-electron chi connectivity index (χ3n) is 4.92. The Morgan fingerprint density at radius 3 is 2.75 bits per heavy atom. The molecule has 0 fully saturated rings. The first kappa shape index (κ1) is 21.0. The van der Waals surface area contributed by atoms with E-state index in [0.717, 1.165) is 58.9 Å². The number of benzene rings is 1. The largest absolute Gasteiger partial charge is 0.458 e. The summed E-state index contributed by atoms with van der Waals surface area (Å²) < 4.78 is 10.8. The Bertz CT molecular complexity index is 829. The van der Waals surface area contributed by atoms with Crippen LogP contribution in [0.15, 0.2) is 45.7 Å². The molecule has 150 valence electrons. The molecule has 2 aromatic rings. The number of aromatic nitrogens is 1. The van der Waals surface area contributed by atoms with Crippen LogP contribution in [0.1, 0.15) is 50.7 Å². The molecule has 0 saturated carbocycles. The summed E-state index contributed by atoms with van der Waals surface area (Å²) >= 11 is 8.20. The number of carbonyl (C=O) groups is 1. The van der Waals surface area contributed by atoms with E-state index in [4.69, 9.17) is 20.9 Å². The lowest BCUT2D eigenvalue weighted by Gasteiger charge is -2.22. The Balaban J connectivity index is 1.64. The maximum atomic E-state index is 12.5. The van der Waals surface area contributed by atoms with Gasteiger partial charge in [-0.3, -0.25) is 4.79 Å². The molecule has 1 aliphatic carbocycles. The highest BCUT2D eigenvalue weighted by molar-refractivity contribution is 7.98. The molecule has 1 unspecified atom stereocenters. The minimum absolute atomic E-state index is 0.126. The van der Waals surface area contributed by atoms with Crippen LogP contribution in [-0.2, 0) is 21.7 Å². The highest BCUT2D eigenvalue weighted by atomic mass is 35.5. The van der Waals surface area contributed by atoms with Crippen molar-refractivity contribution in [2.75, 3.05) is 5.75 Å². The maximum Gasteiger partial charge on any atom is 0.311 e. The number of hydrogen-bond acceptors (Lipinski definition) is 5. The van der Waals surface area contributed by atoms with E-state index in [1.54, 1.807) is 0 Å². The van der Waals surface area contributed by atoms with Gasteiger partial charge in [-0.05, 0) is 49.5 Å². The van der Waals surface area contributed by atoms with Crippen LogP contribution in [0.5, 0.6) is 0 Å². The molecule has 28 heavy (non-hydrogen) atoms. The molecule has 1 aromatic heterocycles. The number of halogens is 1. The van der Waals surface area contributed by atoms with Gasteiger partial charge in [0.05, 0.1) is 6.42 Å². The molecule has 1 atom stereocenters. The quantitative estimate of drug-likeness (QED) is 0.481. The van der Waals surface area contributed by atoms with E-state index in [2.05, 4.69) is 24.2 Å². The fourth-order valence-corrected chi connectivity index (χ4v) is 4.39. The number of nitrogens with zero attached hydrogens (tertiary/aromatic N) is 1. The van der Waals surface area contributed by atoms with Gasteiger partial charge in [-0.25, -0.2) is 0 Å². The van der Waals surface area contributed by atoms with E-state index in [1.165, 1.54) is 11.8 Å². The fraction of sp³-hybridized carbons (Fsp3) is 0.455. The number of hydrogen-bond donors (Lipinski definition) is 0. The Hall–Kier alpha value is -1.72. The zero-order chi connectivity index (χ0) is 19.9. The topological polar surface area (TPSA) is 52.3 Å². The van der Waals surface area contributed by atoms with Crippen molar-refractivity contribution in [2.45, 2.75) is 57.8 Å². The highest BCUT2D eigenvalue weighted by Crippen LogP contribution is 2.31. The average Bonchev–Trinajstić information content (AvgIpc) is 3.15. The number of thioether (sulfide) groups is 1. The van der Waals surface area contributed by atoms with Crippen LogP contribution in [0.2, 0.25) is 0 Å². The van der Waals surface area contributed by atoms with Gasteiger partial charge in [0.1, 0.15) is 18.1 Å². The van der Waals surface area contributed by atoms with Crippen LogP contribution in [0.3, 0.4) is 0 Å². The van der Waals surface area contributed by atoms with E-state index in [9.17, 15) is 4.79 Å². The first-order valence-corrected chi connectivity index (χ1v) is 11.3. The summed E-state index contributed by atoms with van der Waals surface area (Å²) in [5, 5.41) is 4.94. The minimum Gasteiger partial charge on any atom is -0.458 e. The average molecular weight is 420 g/mol. The molecule has 0 N–H and O–H groups in total. The van der Waals surface area contributed by atoms with Crippen LogP contribution in [0.25, 0.3) is 11.3 Å². The van der Waals surface area contributed by atoms with Crippen LogP contribution in [0, 0.1) is 0 Å². The Morgan fingerprint density at radius 2 is 2.04 bits per heavy atom. The van der Waals surface area contributed by atoms with E-state index in [1.807, 2.05) is 30.8 Å². The standard InChI is InChI=1S/C22H26ClNO3S/c1-3-28-14-16-8-10-17(11-9-16)22-18(13-26-24-22)12-21(25)27-15(2)19-6-4-5-7-20(19)23/h8-11,13,15H,3-7,12,14H2,1-2H3. The number of carbonyl (C=O) groups excluding carboxylic acids is 1. The van der Waals surface area contributed by atoms with Crippen molar-refractivity contribution >= 4 is 29.3 Å². The number of rotatable bonds is 8. The summed E-state index contributed by atoms with van der Waals surface area (Å²) in [4.78, 5) is 12.5.